The van der Waals surface area contributed by atoms with Crippen LogP contribution in [0.4, 0.5) is 0 Å². The summed E-state index contributed by atoms with van der Waals surface area (Å²) < 4.78 is 2.01. The zero-order valence-corrected chi connectivity index (χ0v) is 21.2. The number of para-hydroxylation sites is 1. The molecule has 1 aromatic carbocycles. The predicted octanol–water partition coefficient (Wildman–Crippen LogP) is 3.89. The molecule has 2 N–H and O–H groups in total. The molecule has 1 heterocycles. The average molecular weight is 512 g/mol. The lowest BCUT2D eigenvalue weighted by Crippen LogP contribution is -2.45. The number of benzene rings is 1. The molecule has 0 aliphatic heterocycles. The zero-order chi connectivity index (χ0) is 20.7. The Morgan fingerprint density at radius 2 is 1.69 bits per heavy atom. The first-order valence-corrected chi connectivity index (χ1v) is 10.2. The van der Waals surface area contributed by atoms with Crippen LogP contribution in [-0.4, -0.2) is 52.9 Å². The first-order valence-electron chi connectivity index (χ1n) is 10.2. The van der Waals surface area contributed by atoms with Gasteiger partial charge in [-0.25, -0.2) is 4.68 Å². The number of hydrogen-bond donors (Lipinski definition) is 2. The fourth-order valence-electron chi connectivity index (χ4n) is 3.56. The minimum absolute atomic E-state index is 0. The lowest BCUT2D eigenvalue weighted by molar-refractivity contribution is 0.178. The van der Waals surface area contributed by atoms with Crippen LogP contribution in [0.5, 0.6) is 0 Å². The van der Waals surface area contributed by atoms with Crippen molar-refractivity contribution in [1.29, 1.82) is 0 Å². The first-order chi connectivity index (χ1) is 13.3. The summed E-state index contributed by atoms with van der Waals surface area (Å²) in [5, 5.41) is 11.6. The molecule has 29 heavy (non-hydrogen) atoms. The minimum atomic E-state index is 0. The number of nitrogens with one attached hydrogen (secondary N) is 2. The Morgan fingerprint density at radius 3 is 2.24 bits per heavy atom. The number of nitrogens with zero attached hydrogens (tertiary/aromatic N) is 4. The maximum absolute atomic E-state index is 4.72. The van der Waals surface area contributed by atoms with E-state index in [1.54, 1.807) is 0 Å². The Morgan fingerprint density at radius 1 is 1.07 bits per heavy atom. The maximum atomic E-state index is 4.72. The minimum Gasteiger partial charge on any atom is -0.355 e. The Hall–Kier alpha value is -1.61. The van der Waals surface area contributed by atoms with Crippen molar-refractivity contribution in [2.24, 2.45) is 4.99 Å². The van der Waals surface area contributed by atoms with Crippen LogP contribution in [0.25, 0.3) is 5.69 Å². The summed E-state index contributed by atoms with van der Waals surface area (Å²) >= 11 is 0. The molecule has 2 aromatic rings. The van der Waals surface area contributed by atoms with Crippen LogP contribution in [0, 0.1) is 13.8 Å². The monoisotopic (exact) mass is 512 g/mol. The van der Waals surface area contributed by atoms with Crippen molar-refractivity contribution in [3.05, 3.63) is 47.3 Å². The number of aryl methyl sites for hydroxylation is 1. The van der Waals surface area contributed by atoms with Gasteiger partial charge in [0.1, 0.15) is 0 Å². The van der Waals surface area contributed by atoms with Gasteiger partial charge in [0.15, 0.2) is 5.96 Å². The van der Waals surface area contributed by atoms with Crippen LogP contribution in [0.15, 0.2) is 35.3 Å². The first kappa shape index (κ1) is 25.4. The molecule has 0 saturated heterocycles. The molecule has 0 bridgehead atoms. The van der Waals surface area contributed by atoms with E-state index in [4.69, 9.17) is 5.10 Å². The number of hydrogen-bond acceptors (Lipinski definition) is 3. The number of halogens is 1. The lowest BCUT2D eigenvalue weighted by atomic mass is 10.2. The van der Waals surface area contributed by atoms with Gasteiger partial charge in [-0.2, -0.15) is 5.10 Å². The van der Waals surface area contributed by atoms with Crippen molar-refractivity contribution in [2.75, 3.05) is 20.1 Å². The number of aliphatic imine (C=N–C) groups is 1. The third-order valence-electron chi connectivity index (χ3n) is 5.09. The highest BCUT2D eigenvalue weighted by molar-refractivity contribution is 14.0. The van der Waals surface area contributed by atoms with E-state index >= 15 is 0 Å². The number of rotatable bonds is 8. The van der Waals surface area contributed by atoms with Crippen LogP contribution < -0.4 is 10.6 Å². The van der Waals surface area contributed by atoms with Gasteiger partial charge in [0.25, 0.3) is 0 Å². The summed E-state index contributed by atoms with van der Waals surface area (Å²) in [6, 6.07) is 11.3. The highest BCUT2D eigenvalue weighted by Gasteiger charge is 2.14. The summed E-state index contributed by atoms with van der Waals surface area (Å²) in [4.78, 5) is 6.83. The van der Waals surface area contributed by atoms with E-state index in [9.17, 15) is 0 Å². The van der Waals surface area contributed by atoms with Gasteiger partial charge >= 0.3 is 0 Å². The van der Waals surface area contributed by atoms with Gasteiger partial charge in [-0.1, -0.05) is 18.2 Å². The van der Waals surface area contributed by atoms with Crippen LogP contribution in [0.1, 0.15) is 44.6 Å². The van der Waals surface area contributed by atoms with Gasteiger partial charge in [0, 0.05) is 50.0 Å². The lowest BCUT2D eigenvalue weighted by Gasteiger charge is -2.30. The molecule has 0 aliphatic rings. The van der Waals surface area contributed by atoms with E-state index in [1.807, 2.05) is 29.9 Å². The highest BCUT2D eigenvalue weighted by Crippen LogP contribution is 2.17. The average Bonchev–Trinajstić information content (AvgIpc) is 2.95. The van der Waals surface area contributed by atoms with Crippen molar-refractivity contribution < 1.29 is 0 Å². The van der Waals surface area contributed by atoms with Gasteiger partial charge in [-0.05, 0) is 53.7 Å². The zero-order valence-electron chi connectivity index (χ0n) is 18.9. The van der Waals surface area contributed by atoms with Crippen molar-refractivity contribution in [1.82, 2.24) is 25.3 Å². The number of aromatic nitrogens is 2. The van der Waals surface area contributed by atoms with Crippen LogP contribution >= 0.6 is 24.0 Å². The van der Waals surface area contributed by atoms with Gasteiger partial charge in [-0.3, -0.25) is 9.89 Å². The molecule has 6 nitrogen and oxygen atoms in total. The van der Waals surface area contributed by atoms with Crippen molar-refractivity contribution in [3.63, 3.8) is 0 Å². The molecule has 1 aromatic heterocycles. The third-order valence-corrected chi connectivity index (χ3v) is 5.09. The molecule has 0 unspecified atom stereocenters. The Kier molecular flexibility index (Phi) is 10.7. The second-order valence-corrected chi connectivity index (χ2v) is 7.67. The molecule has 0 saturated carbocycles. The van der Waals surface area contributed by atoms with Crippen molar-refractivity contribution >= 4 is 29.9 Å². The van der Waals surface area contributed by atoms with Gasteiger partial charge in [-0.15, -0.1) is 24.0 Å². The van der Waals surface area contributed by atoms with E-state index in [2.05, 4.69) is 74.2 Å². The van der Waals surface area contributed by atoms with E-state index < -0.39 is 0 Å². The smallest absolute Gasteiger partial charge is 0.191 e. The standard InChI is InChI=1S/C22H36N6.HI/c1-16(2)27(17(3)4)14-13-24-22(23-7)25-15-21-18(5)26-28(19(21)6)20-11-9-8-10-12-20;/h8-12,16-17H,13-15H2,1-7H3,(H2,23,24,25);1H. The Labute approximate surface area is 193 Å². The van der Waals surface area contributed by atoms with Crippen LogP contribution in [-0.2, 0) is 6.54 Å². The summed E-state index contributed by atoms with van der Waals surface area (Å²) in [7, 11) is 1.81. The molecule has 0 radical (unpaired) electrons. The summed E-state index contributed by atoms with van der Waals surface area (Å²) in [5.41, 5.74) is 4.48. The van der Waals surface area contributed by atoms with E-state index in [1.165, 1.54) is 5.56 Å². The second kappa shape index (κ2) is 12.2. The molecule has 0 spiro atoms. The second-order valence-electron chi connectivity index (χ2n) is 7.67. The molecule has 0 fully saturated rings. The van der Waals surface area contributed by atoms with Crippen LogP contribution in [0.2, 0.25) is 0 Å². The fraction of sp³-hybridized carbons (Fsp3) is 0.545. The molecule has 2 rings (SSSR count). The summed E-state index contributed by atoms with van der Waals surface area (Å²) in [6.45, 7) is 15.7. The Balaban J connectivity index is 0.00000420. The van der Waals surface area contributed by atoms with Crippen LogP contribution in [0.3, 0.4) is 0 Å². The normalized spacial score (nSPS) is 11.9. The van der Waals surface area contributed by atoms with Crippen molar-refractivity contribution in [3.8, 4) is 5.69 Å². The quantitative estimate of drug-likeness (QED) is 0.320. The fourth-order valence-corrected chi connectivity index (χ4v) is 3.56. The van der Waals surface area contributed by atoms with E-state index in [0.29, 0.717) is 18.6 Å². The van der Waals surface area contributed by atoms with Gasteiger partial charge in [0.05, 0.1) is 11.4 Å². The number of guanidine groups is 1. The molecule has 0 atom stereocenters. The molecule has 0 amide bonds. The molecular formula is C22H37IN6. The predicted molar refractivity (Wildman–Crippen MR) is 134 cm³/mol. The Bertz CT molecular complexity index is 759. The highest BCUT2D eigenvalue weighted by atomic mass is 127. The molecule has 0 aliphatic carbocycles. The summed E-state index contributed by atoms with van der Waals surface area (Å²) in [6.07, 6.45) is 0. The van der Waals surface area contributed by atoms with E-state index in [0.717, 1.165) is 36.1 Å². The largest absolute Gasteiger partial charge is 0.355 e. The van der Waals surface area contributed by atoms with Gasteiger partial charge < -0.3 is 10.6 Å². The van der Waals surface area contributed by atoms with Crippen molar-refractivity contribution in [2.45, 2.75) is 60.2 Å². The SMILES string of the molecule is CN=C(NCCN(C(C)C)C(C)C)NCc1c(C)nn(-c2ccccc2)c1C.I. The van der Waals surface area contributed by atoms with Gasteiger partial charge in [0.2, 0.25) is 0 Å². The molecule has 162 valence electrons. The maximum Gasteiger partial charge on any atom is 0.191 e. The molecular weight excluding hydrogens is 475 g/mol. The summed E-state index contributed by atoms with van der Waals surface area (Å²) in [5.74, 6) is 0.818. The van der Waals surface area contributed by atoms with E-state index in [-0.39, 0.29) is 24.0 Å². The topological polar surface area (TPSA) is 57.5 Å². The molecule has 7 heteroatoms. The third kappa shape index (κ3) is 6.99.